The molecule has 3 heteroatoms. The van der Waals surface area contributed by atoms with Gasteiger partial charge in [-0.25, -0.2) is 0 Å². The van der Waals surface area contributed by atoms with E-state index in [4.69, 9.17) is 0 Å². The summed E-state index contributed by atoms with van der Waals surface area (Å²) >= 11 is 0. The summed E-state index contributed by atoms with van der Waals surface area (Å²) in [6, 6.07) is 11.2. The van der Waals surface area contributed by atoms with Crippen molar-refractivity contribution in [1.82, 2.24) is 10.6 Å². The molecule has 1 aliphatic heterocycles. The standard InChI is InChI=1S/C20H30N2O/c1-14(20(2,3)16-10-5-4-6-11-16)21-18-13-15-9-7-8-12-17(15)22-19(18)23/h4-6,10-11,14-15,17-18,21H,7-9,12-13H2,1-3H3,(H,22,23). The maximum absolute atomic E-state index is 12.5. The zero-order valence-corrected chi connectivity index (χ0v) is 14.6. The van der Waals surface area contributed by atoms with Crippen molar-refractivity contribution in [3.63, 3.8) is 0 Å². The molecule has 23 heavy (non-hydrogen) atoms. The first-order chi connectivity index (χ1) is 11.0. The molecule has 1 aliphatic carbocycles. The fraction of sp³-hybridized carbons (Fsp3) is 0.650. The molecule has 1 saturated carbocycles. The van der Waals surface area contributed by atoms with Gasteiger partial charge in [0.15, 0.2) is 0 Å². The number of hydrogen-bond donors (Lipinski definition) is 2. The Balaban J connectivity index is 1.67. The van der Waals surface area contributed by atoms with Gasteiger partial charge in [-0.3, -0.25) is 4.79 Å². The first-order valence-corrected chi connectivity index (χ1v) is 9.10. The number of carbonyl (C=O) groups is 1. The predicted molar refractivity (Wildman–Crippen MR) is 94.4 cm³/mol. The van der Waals surface area contributed by atoms with Crippen molar-refractivity contribution >= 4 is 5.91 Å². The van der Waals surface area contributed by atoms with E-state index < -0.39 is 0 Å². The fourth-order valence-corrected chi connectivity index (χ4v) is 4.14. The highest BCUT2D eigenvalue weighted by Crippen LogP contribution is 2.32. The van der Waals surface area contributed by atoms with Gasteiger partial charge in [0.05, 0.1) is 6.04 Å². The van der Waals surface area contributed by atoms with E-state index in [1.165, 1.54) is 24.8 Å². The number of benzene rings is 1. The minimum absolute atomic E-state index is 0.00897. The van der Waals surface area contributed by atoms with E-state index in [1.54, 1.807) is 0 Å². The third kappa shape index (κ3) is 3.45. The molecule has 3 rings (SSSR count). The largest absolute Gasteiger partial charge is 0.352 e. The summed E-state index contributed by atoms with van der Waals surface area (Å²) in [6.07, 6.45) is 5.99. The van der Waals surface area contributed by atoms with Crippen LogP contribution in [0.4, 0.5) is 0 Å². The maximum atomic E-state index is 12.5. The van der Waals surface area contributed by atoms with Crippen molar-refractivity contribution in [1.29, 1.82) is 0 Å². The topological polar surface area (TPSA) is 41.1 Å². The Hall–Kier alpha value is -1.35. The number of carbonyl (C=O) groups excluding carboxylic acids is 1. The number of amides is 1. The Kier molecular flexibility index (Phi) is 4.77. The van der Waals surface area contributed by atoms with Crippen LogP contribution in [0.2, 0.25) is 0 Å². The minimum atomic E-state index is -0.0488. The third-order valence-corrected chi connectivity index (χ3v) is 6.14. The molecule has 1 aromatic carbocycles. The molecule has 126 valence electrons. The summed E-state index contributed by atoms with van der Waals surface area (Å²) < 4.78 is 0. The first-order valence-electron chi connectivity index (χ1n) is 9.10. The van der Waals surface area contributed by atoms with E-state index >= 15 is 0 Å². The van der Waals surface area contributed by atoms with Gasteiger partial charge in [0.25, 0.3) is 0 Å². The molecule has 1 saturated heterocycles. The highest BCUT2D eigenvalue weighted by molar-refractivity contribution is 5.83. The van der Waals surface area contributed by atoms with Crippen LogP contribution >= 0.6 is 0 Å². The van der Waals surface area contributed by atoms with E-state index in [9.17, 15) is 4.79 Å². The van der Waals surface area contributed by atoms with Gasteiger partial charge in [-0.15, -0.1) is 0 Å². The van der Waals surface area contributed by atoms with E-state index in [0.717, 1.165) is 12.8 Å². The normalized spacial score (nSPS) is 29.5. The van der Waals surface area contributed by atoms with Gasteiger partial charge < -0.3 is 10.6 Å². The van der Waals surface area contributed by atoms with Crippen LogP contribution in [0.5, 0.6) is 0 Å². The zero-order valence-electron chi connectivity index (χ0n) is 14.6. The van der Waals surface area contributed by atoms with Gasteiger partial charge in [0.1, 0.15) is 0 Å². The molecule has 3 nitrogen and oxygen atoms in total. The lowest BCUT2D eigenvalue weighted by Gasteiger charge is -2.42. The summed E-state index contributed by atoms with van der Waals surface area (Å²) in [5.41, 5.74) is 1.30. The molecular weight excluding hydrogens is 284 g/mol. The molecule has 1 heterocycles. The van der Waals surface area contributed by atoms with Crippen LogP contribution in [0.1, 0.15) is 58.4 Å². The Morgan fingerprint density at radius 1 is 1.17 bits per heavy atom. The average Bonchev–Trinajstić information content (AvgIpc) is 2.56. The monoisotopic (exact) mass is 314 g/mol. The van der Waals surface area contributed by atoms with Crippen LogP contribution < -0.4 is 10.6 Å². The number of fused-ring (bicyclic) bond motifs is 1. The molecule has 0 spiro atoms. The van der Waals surface area contributed by atoms with Crippen LogP contribution in [0.25, 0.3) is 0 Å². The minimum Gasteiger partial charge on any atom is -0.352 e. The summed E-state index contributed by atoms with van der Waals surface area (Å²) in [5.74, 6) is 0.856. The Morgan fingerprint density at radius 3 is 2.61 bits per heavy atom. The molecule has 2 fully saturated rings. The maximum Gasteiger partial charge on any atom is 0.237 e. The van der Waals surface area contributed by atoms with Gasteiger partial charge >= 0.3 is 0 Å². The molecule has 4 unspecified atom stereocenters. The molecular formula is C20H30N2O. The van der Waals surface area contributed by atoms with Crippen molar-refractivity contribution in [3.8, 4) is 0 Å². The van der Waals surface area contributed by atoms with Gasteiger partial charge in [0.2, 0.25) is 5.91 Å². The lowest BCUT2D eigenvalue weighted by Crippen LogP contribution is -2.60. The Labute approximate surface area is 140 Å². The van der Waals surface area contributed by atoms with Crippen molar-refractivity contribution in [2.75, 3.05) is 0 Å². The molecule has 0 aromatic heterocycles. The number of nitrogens with one attached hydrogen (secondary N) is 2. The lowest BCUT2D eigenvalue weighted by atomic mass is 9.75. The third-order valence-electron chi connectivity index (χ3n) is 6.14. The lowest BCUT2D eigenvalue weighted by molar-refractivity contribution is -0.127. The van der Waals surface area contributed by atoms with Gasteiger partial charge in [-0.05, 0) is 37.7 Å². The second-order valence-corrected chi connectivity index (χ2v) is 7.92. The smallest absolute Gasteiger partial charge is 0.237 e. The van der Waals surface area contributed by atoms with Crippen LogP contribution in [0.3, 0.4) is 0 Å². The van der Waals surface area contributed by atoms with Crippen LogP contribution in [-0.2, 0) is 10.2 Å². The number of rotatable bonds is 4. The zero-order chi connectivity index (χ0) is 16.4. The van der Waals surface area contributed by atoms with Crippen molar-refractivity contribution in [2.24, 2.45) is 5.92 Å². The summed E-state index contributed by atoms with van der Waals surface area (Å²) in [4.78, 5) is 12.5. The summed E-state index contributed by atoms with van der Waals surface area (Å²) in [5, 5.41) is 6.89. The van der Waals surface area contributed by atoms with Gasteiger partial charge in [0, 0.05) is 17.5 Å². The summed E-state index contributed by atoms with van der Waals surface area (Å²) in [7, 11) is 0. The van der Waals surface area contributed by atoms with Crippen molar-refractivity contribution < 1.29 is 4.79 Å². The second-order valence-electron chi connectivity index (χ2n) is 7.92. The molecule has 2 aliphatic rings. The second kappa shape index (κ2) is 6.64. The molecule has 1 aromatic rings. The van der Waals surface area contributed by atoms with Crippen molar-refractivity contribution in [2.45, 2.75) is 76.4 Å². The molecule has 0 bridgehead atoms. The predicted octanol–water partition coefficient (Wildman–Crippen LogP) is 3.39. The molecule has 2 N–H and O–H groups in total. The Morgan fingerprint density at radius 2 is 1.87 bits per heavy atom. The number of hydrogen-bond acceptors (Lipinski definition) is 2. The highest BCUT2D eigenvalue weighted by Gasteiger charge is 2.39. The summed E-state index contributed by atoms with van der Waals surface area (Å²) in [6.45, 7) is 6.71. The number of piperidine rings is 1. The van der Waals surface area contributed by atoms with E-state index in [-0.39, 0.29) is 23.4 Å². The highest BCUT2D eigenvalue weighted by atomic mass is 16.2. The fourth-order valence-electron chi connectivity index (χ4n) is 4.14. The van der Waals surface area contributed by atoms with Crippen LogP contribution in [0, 0.1) is 5.92 Å². The first kappa shape index (κ1) is 16.5. The Bertz CT molecular complexity index is 540. The molecule has 4 atom stereocenters. The van der Waals surface area contributed by atoms with Crippen LogP contribution in [0.15, 0.2) is 30.3 Å². The van der Waals surface area contributed by atoms with E-state index in [1.807, 2.05) is 0 Å². The molecule has 1 amide bonds. The van der Waals surface area contributed by atoms with Gasteiger partial charge in [-0.2, -0.15) is 0 Å². The van der Waals surface area contributed by atoms with Gasteiger partial charge in [-0.1, -0.05) is 57.0 Å². The van der Waals surface area contributed by atoms with Crippen LogP contribution in [-0.4, -0.2) is 24.0 Å². The molecule has 0 radical (unpaired) electrons. The quantitative estimate of drug-likeness (QED) is 0.894. The van der Waals surface area contributed by atoms with E-state index in [2.05, 4.69) is 61.7 Å². The van der Waals surface area contributed by atoms with Crippen molar-refractivity contribution in [3.05, 3.63) is 35.9 Å². The van der Waals surface area contributed by atoms with E-state index in [0.29, 0.717) is 12.0 Å². The SMILES string of the molecule is CC(NC1CC2CCCCC2NC1=O)C(C)(C)c1ccccc1. The average molecular weight is 314 g/mol.